The number of aryl methyl sites for hydroxylation is 2. The first-order valence-corrected chi connectivity index (χ1v) is 7.23. The Bertz CT molecular complexity index is 483. The quantitative estimate of drug-likeness (QED) is 0.902. The first-order valence-electron chi connectivity index (χ1n) is 7.23. The fourth-order valence-corrected chi connectivity index (χ4v) is 1.75. The van der Waals surface area contributed by atoms with Crippen molar-refractivity contribution in [2.75, 3.05) is 25.0 Å². The molecule has 0 saturated carbocycles. The second-order valence-electron chi connectivity index (χ2n) is 5.98. The monoisotopic (exact) mass is 294 g/mol. The van der Waals surface area contributed by atoms with Crippen molar-refractivity contribution in [2.24, 2.45) is 0 Å². The largest absolute Gasteiger partial charge is 0.444 e. The number of carbonyl (C=O) groups excluding carboxylic acids is 1. The highest BCUT2D eigenvalue weighted by atomic mass is 16.6. The maximum Gasteiger partial charge on any atom is 0.407 e. The van der Waals surface area contributed by atoms with Crippen LogP contribution in [0.15, 0.2) is 6.20 Å². The van der Waals surface area contributed by atoms with E-state index in [0.29, 0.717) is 19.0 Å². The molecule has 1 aromatic rings. The first kappa shape index (κ1) is 17.2. The fourth-order valence-electron chi connectivity index (χ4n) is 1.75. The van der Waals surface area contributed by atoms with Gasteiger partial charge in [-0.05, 0) is 39.7 Å². The highest BCUT2D eigenvalue weighted by Gasteiger charge is 2.15. The van der Waals surface area contributed by atoms with Crippen LogP contribution in [0.3, 0.4) is 0 Å². The molecule has 1 amide bonds. The molecule has 0 bridgehead atoms. The molecule has 0 fully saturated rings. The second-order valence-corrected chi connectivity index (χ2v) is 5.98. The van der Waals surface area contributed by atoms with Crippen molar-refractivity contribution in [2.45, 2.75) is 46.6 Å². The molecule has 0 saturated heterocycles. The molecule has 0 aromatic carbocycles. The lowest BCUT2D eigenvalue weighted by molar-refractivity contribution is 0.0529. The van der Waals surface area contributed by atoms with Crippen LogP contribution in [0.4, 0.5) is 10.7 Å². The summed E-state index contributed by atoms with van der Waals surface area (Å²) in [5.74, 6) is 0.663. The van der Waals surface area contributed by atoms with Crippen LogP contribution in [0.2, 0.25) is 0 Å². The van der Waals surface area contributed by atoms with Crippen molar-refractivity contribution in [1.82, 2.24) is 15.3 Å². The summed E-state index contributed by atoms with van der Waals surface area (Å²) < 4.78 is 5.17. The minimum absolute atomic E-state index is 0.408. The summed E-state index contributed by atoms with van der Waals surface area (Å²) in [5.41, 5.74) is 1.67. The molecular weight excluding hydrogens is 268 g/mol. The van der Waals surface area contributed by atoms with E-state index in [0.717, 1.165) is 17.7 Å². The molecule has 0 unspecified atom stereocenters. The van der Waals surface area contributed by atoms with Crippen molar-refractivity contribution in [3.63, 3.8) is 0 Å². The van der Waals surface area contributed by atoms with Gasteiger partial charge in [0.15, 0.2) is 0 Å². The molecule has 118 valence electrons. The molecule has 0 spiro atoms. The molecule has 0 radical (unpaired) electrons. The van der Waals surface area contributed by atoms with Gasteiger partial charge in [-0.25, -0.2) is 14.8 Å². The van der Waals surface area contributed by atoms with Crippen molar-refractivity contribution in [1.29, 1.82) is 0 Å². The number of anilines is 1. The van der Waals surface area contributed by atoms with Crippen LogP contribution in [0.1, 0.15) is 39.0 Å². The molecular formula is C15H26N4O2. The summed E-state index contributed by atoms with van der Waals surface area (Å²) in [6, 6.07) is 0. The van der Waals surface area contributed by atoms with E-state index in [1.807, 2.05) is 45.8 Å². The number of carbonyl (C=O) groups is 1. The minimum atomic E-state index is -0.480. The number of hydrogen-bond acceptors (Lipinski definition) is 5. The number of amides is 1. The number of nitrogens with zero attached hydrogens (tertiary/aromatic N) is 3. The molecule has 0 atom stereocenters. The number of alkyl carbamates (subject to hydrolysis) is 1. The molecule has 21 heavy (non-hydrogen) atoms. The first-order chi connectivity index (χ1) is 9.73. The van der Waals surface area contributed by atoms with E-state index >= 15 is 0 Å². The van der Waals surface area contributed by atoms with Gasteiger partial charge in [0.1, 0.15) is 5.60 Å². The molecule has 0 aliphatic carbocycles. The summed E-state index contributed by atoms with van der Waals surface area (Å²) in [6.07, 6.45) is 2.38. The summed E-state index contributed by atoms with van der Waals surface area (Å²) in [6.45, 7) is 10.7. The van der Waals surface area contributed by atoms with Crippen LogP contribution in [0.25, 0.3) is 0 Å². The Balaban J connectivity index is 2.45. The molecule has 0 aliphatic rings. The van der Waals surface area contributed by atoms with Crippen LogP contribution in [0, 0.1) is 6.92 Å². The number of rotatable bonds is 5. The van der Waals surface area contributed by atoms with Gasteiger partial charge in [-0.15, -0.1) is 0 Å². The zero-order valence-corrected chi connectivity index (χ0v) is 13.9. The predicted octanol–water partition coefficient (Wildman–Crippen LogP) is 2.31. The number of hydrogen-bond donors (Lipinski definition) is 1. The minimum Gasteiger partial charge on any atom is -0.444 e. The Labute approximate surface area is 126 Å². The fraction of sp³-hybridized carbons (Fsp3) is 0.667. The van der Waals surface area contributed by atoms with E-state index in [1.54, 1.807) is 0 Å². The smallest absolute Gasteiger partial charge is 0.407 e. The zero-order valence-electron chi connectivity index (χ0n) is 13.9. The van der Waals surface area contributed by atoms with Crippen LogP contribution in [-0.4, -0.2) is 41.8 Å². The lowest BCUT2D eigenvalue weighted by Gasteiger charge is -2.21. The SMILES string of the molecule is CCc1cnc(N(C)CCNC(=O)OC(C)(C)C)nc1C. The number of nitrogens with one attached hydrogen (secondary N) is 1. The Hall–Kier alpha value is -1.85. The van der Waals surface area contributed by atoms with Gasteiger partial charge in [-0.3, -0.25) is 0 Å². The number of likely N-dealkylation sites (N-methyl/N-ethyl adjacent to an activating group) is 1. The third kappa shape index (κ3) is 5.97. The van der Waals surface area contributed by atoms with Gasteiger partial charge in [-0.2, -0.15) is 0 Å². The van der Waals surface area contributed by atoms with Gasteiger partial charge in [-0.1, -0.05) is 6.92 Å². The summed E-state index contributed by atoms with van der Waals surface area (Å²) in [4.78, 5) is 22.2. The normalized spacial score (nSPS) is 11.1. The van der Waals surface area contributed by atoms with E-state index in [-0.39, 0.29) is 0 Å². The maximum atomic E-state index is 11.5. The molecule has 1 aromatic heterocycles. The number of aromatic nitrogens is 2. The maximum absolute atomic E-state index is 11.5. The zero-order chi connectivity index (χ0) is 16.0. The van der Waals surface area contributed by atoms with Crippen molar-refractivity contribution < 1.29 is 9.53 Å². The van der Waals surface area contributed by atoms with E-state index in [2.05, 4.69) is 22.2 Å². The molecule has 1 N–H and O–H groups in total. The Kier molecular flexibility index (Phi) is 5.93. The Morgan fingerprint density at radius 2 is 2.10 bits per heavy atom. The van der Waals surface area contributed by atoms with E-state index in [4.69, 9.17) is 4.74 Å². The van der Waals surface area contributed by atoms with E-state index < -0.39 is 11.7 Å². The highest BCUT2D eigenvalue weighted by Crippen LogP contribution is 2.10. The standard InChI is InChI=1S/C15H26N4O2/c1-7-12-10-17-13(18-11(12)2)19(6)9-8-16-14(20)21-15(3,4)5/h10H,7-9H2,1-6H3,(H,16,20). The van der Waals surface area contributed by atoms with Crippen LogP contribution in [0.5, 0.6) is 0 Å². The molecule has 1 rings (SSSR count). The van der Waals surface area contributed by atoms with E-state index in [9.17, 15) is 4.79 Å². The summed E-state index contributed by atoms with van der Waals surface area (Å²) in [5, 5.41) is 2.72. The van der Waals surface area contributed by atoms with E-state index in [1.165, 1.54) is 0 Å². The lowest BCUT2D eigenvalue weighted by Crippen LogP contribution is -2.37. The van der Waals surface area contributed by atoms with Crippen LogP contribution < -0.4 is 10.2 Å². The third-order valence-corrected chi connectivity index (χ3v) is 2.91. The Morgan fingerprint density at radius 1 is 1.43 bits per heavy atom. The summed E-state index contributed by atoms with van der Waals surface area (Å²) >= 11 is 0. The van der Waals surface area contributed by atoms with Gasteiger partial charge >= 0.3 is 6.09 Å². The average Bonchev–Trinajstić information content (AvgIpc) is 2.36. The van der Waals surface area contributed by atoms with Crippen molar-refractivity contribution in [3.8, 4) is 0 Å². The van der Waals surface area contributed by atoms with Gasteiger partial charge in [0, 0.05) is 32.0 Å². The molecule has 6 nitrogen and oxygen atoms in total. The van der Waals surface area contributed by atoms with Crippen LogP contribution in [-0.2, 0) is 11.2 Å². The Morgan fingerprint density at radius 3 is 2.62 bits per heavy atom. The molecule has 6 heteroatoms. The van der Waals surface area contributed by atoms with Crippen molar-refractivity contribution in [3.05, 3.63) is 17.5 Å². The molecule has 1 heterocycles. The van der Waals surface area contributed by atoms with Gasteiger partial charge in [0.2, 0.25) is 5.95 Å². The van der Waals surface area contributed by atoms with Gasteiger partial charge < -0.3 is 15.0 Å². The lowest BCUT2D eigenvalue weighted by atomic mass is 10.2. The highest BCUT2D eigenvalue weighted by molar-refractivity contribution is 5.67. The van der Waals surface area contributed by atoms with Gasteiger partial charge in [0.25, 0.3) is 0 Å². The predicted molar refractivity (Wildman–Crippen MR) is 83.7 cm³/mol. The van der Waals surface area contributed by atoms with Gasteiger partial charge in [0.05, 0.1) is 0 Å². The number of ether oxygens (including phenoxy) is 1. The third-order valence-electron chi connectivity index (χ3n) is 2.91. The topological polar surface area (TPSA) is 67.4 Å². The molecule has 0 aliphatic heterocycles. The average molecular weight is 294 g/mol. The second kappa shape index (κ2) is 7.24. The van der Waals surface area contributed by atoms with Crippen LogP contribution >= 0.6 is 0 Å². The van der Waals surface area contributed by atoms with Crippen molar-refractivity contribution >= 4 is 12.0 Å². The summed E-state index contributed by atoms with van der Waals surface area (Å²) in [7, 11) is 1.90.